The molecule has 1 spiro atoms. The summed E-state index contributed by atoms with van der Waals surface area (Å²) in [6.07, 6.45) is 3.01. The molecule has 1 saturated carbocycles. The third-order valence-electron chi connectivity index (χ3n) is 7.46. The highest BCUT2D eigenvalue weighted by Crippen LogP contribution is 2.38. The smallest absolute Gasteiger partial charge is 0.248 e. The summed E-state index contributed by atoms with van der Waals surface area (Å²) in [4.78, 5) is 20.3. The van der Waals surface area contributed by atoms with E-state index in [-0.39, 0.29) is 30.9 Å². The van der Waals surface area contributed by atoms with Gasteiger partial charge < -0.3 is 9.64 Å². The van der Waals surface area contributed by atoms with Crippen LogP contribution < -0.4 is 0 Å². The lowest BCUT2D eigenvalue weighted by molar-refractivity contribution is -0.189. The summed E-state index contributed by atoms with van der Waals surface area (Å²) in [5.74, 6) is -0.333. The number of nitrogens with zero attached hydrogens (tertiary/aromatic N) is 3. The minimum absolute atomic E-state index is 0.0351. The van der Waals surface area contributed by atoms with Crippen LogP contribution in [0.3, 0.4) is 0 Å². The van der Waals surface area contributed by atoms with Gasteiger partial charge in [0.2, 0.25) is 5.91 Å². The minimum atomic E-state index is -1.22. The summed E-state index contributed by atoms with van der Waals surface area (Å²) in [5.41, 5.74) is 2.18. The van der Waals surface area contributed by atoms with E-state index in [2.05, 4.69) is 4.98 Å². The van der Waals surface area contributed by atoms with E-state index in [1.54, 1.807) is 18.3 Å². The summed E-state index contributed by atoms with van der Waals surface area (Å²) < 4.78 is 36.2. The molecule has 6 rings (SSSR count). The van der Waals surface area contributed by atoms with Crippen molar-refractivity contribution >= 4 is 16.8 Å². The summed E-state index contributed by atoms with van der Waals surface area (Å²) in [5, 5.41) is 1.04. The zero-order chi connectivity index (χ0) is 23.3. The SMILES string of the molecule is O=C1COC2(CCN(Cc3ccc(-c4ccc5cccnc5c4)cc3F)CC2F)CN1C1CC1. The topological polar surface area (TPSA) is 45.7 Å². The number of carbonyl (C=O) groups is 1. The molecule has 34 heavy (non-hydrogen) atoms. The molecule has 0 bridgehead atoms. The van der Waals surface area contributed by atoms with Crippen LogP contribution in [0.4, 0.5) is 8.78 Å². The van der Waals surface area contributed by atoms with Crippen molar-refractivity contribution in [1.29, 1.82) is 0 Å². The van der Waals surface area contributed by atoms with Crippen LogP contribution in [0.25, 0.3) is 22.0 Å². The van der Waals surface area contributed by atoms with Crippen molar-refractivity contribution in [3.05, 3.63) is 66.1 Å². The molecule has 2 atom stereocenters. The van der Waals surface area contributed by atoms with Crippen LogP contribution in [-0.2, 0) is 16.1 Å². The molecule has 176 valence electrons. The van der Waals surface area contributed by atoms with Gasteiger partial charge in [0.1, 0.15) is 24.2 Å². The fourth-order valence-corrected chi connectivity index (χ4v) is 5.24. The zero-order valence-electron chi connectivity index (χ0n) is 18.9. The molecule has 0 radical (unpaired) electrons. The lowest BCUT2D eigenvalue weighted by atomic mass is 9.87. The second-order valence-electron chi connectivity index (χ2n) is 9.78. The summed E-state index contributed by atoms with van der Waals surface area (Å²) in [7, 11) is 0. The van der Waals surface area contributed by atoms with Crippen LogP contribution in [-0.4, -0.2) is 64.7 Å². The number of likely N-dealkylation sites (tertiary alicyclic amines) is 1. The maximum Gasteiger partial charge on any atom is 0.248 e. The van der Waals surface area contributed by atoms with E-state index in [1.165, 1.54) is 0 Å². The second kappa shape index (κ2) is 8.40. The molecule has 1 aromatic heterocycles. The lowest BCUT2D eigenvalue weighted by Crippen LogP contribution is -2.64. The van der Waals surface area contributed by atoms with E-state index in [0.717, 1.165) is 34.9 Å². The van der Waals surface area contributed by atoms with E-state index in [9.17, 15) is 4.79 Å². The number of benzene rings is 2. The number of carbonyl (C=O) groups excluding carboxylic acids is 1. The molecular formula is C27H27F2N3O2. The molecule has 2 aliphatic heterocycles. The first-order chi connectivity index (χ1) is 16.5. The fourth-order valence-electron chi connectivity index (χ4n) is 5.24. The molecule has 0 N–H and O–H groups in total. The Kier molecular flexibility index (Phi) is 5.34. The maximum atomic E-state index is 15.4. The molecule has 1 amide bonds. The minimum Gasteiger partial charge on any atom is -0.360 e. The van der Waals surface area contributed by atoms with Crippen molar-refractivity contribution < 1.29 is 18.3 Å². The van der Waals surface area contributed by atoms with Gasteiger partial charge in [-0.1, -0.05) is 30.3 Å². The van der Waals surface area contributed by atoms with Gasteiger partial charge in [-0.05, 0) is 48.6 Å². The molecule has 2 aromatic carbocycles. The number of amides is 1. The fraction of sp³-hybridized carbons (Fsp3) is 0.407. The van der Waals surface area contributed by atoms with E-state index < -0.39 is 11.8 Å². The van der Waals surface area contributed by atoms with Crippen molar-refractivity contribution in [3.8, 4) is 11.1 Å². The standard InChI is InChI=1S/C27H27F2N3O2/c28-23-12-19(20-4-3-18-2-1-10-30-24(18)13-20)5-6-21(23)14-31-11-9-27(25(29)15-31)17-32(22-7-8-22)26(33)16-34-27/h1-6,10,12-13,22,25H,7-9,11,14-17H2. The molecule has 5 nitrogen and oxygen atoms in total. The number of halogens is 2. The van der Waals surface area contributed by atoms with Gasteiger partial charge >= 0.3 is 0 Å². The summed E-state index contributed by atoms with van der Waals surface area (Å²) in [6.45, 7) is 1.40. The van der Waals surface area contributed by atoms with E-state index in [4.69, 9.17) is 4.74 Å². The largest absolute Gasteiger partial charge is 0.360 e. The highest BCUT2D eigenvalue weighted by Gasteiger charge is 2.51. The molecule has 2 unspecified atom stereocenters. The number of pyridine rings is 1. The van der Waals surface area contributed by atoms with Gasteiger partial charge in [0, 0.05) is 42.8 Å². The number of hydrogen-bond acceptors (Lipinski definition) is 4. The molecule has 1 aliphatic carbocycles. The van der Waals surface area contributed by atoms with Crippen molar-refractivity contribution in [2.75, 3.05) is 26.2 Å². The van der Waals surface area contributed by atoms with Gasteiger partial charge in [0.05, 0.1) is 12.1 Å². The number of rotatable bonds is 4. The van der Waals surface area contributed by atoms with Crippen LogP contribution in [0.5, 0.6) is 0 Å². The zero-order valence-corrected chi connectivity index (χ0v) is 18.9. The summed E-state index contributed by atoms with van der Waals surface area (Å²) >= 11 is 0. The van der Waals surface area contributed by atoms with Gasteiger partial charge in [-0.2, -0.15) is 0 Å². The highest BCUT2D eigenvalue weighted by molar-refractivity contribution is 5.84. The van der Waals surface area contributed by atoms with Crippen LogP contribution in [0.15, 0.2) is 54.7 Å². The van der Waals surface area contributed by atoms with Crippen molar-refractivity contribution in [2.45, 2.75) is 43.6 Å². The number of aromatic nitrogens is 1. The molecule has 7 heteroatoms. The third kappa shape index (κ3) is 3.97. The Morgan fingerprint density at radius 1 is 1.12 bits per heavy atom. The van der Waals surface area contributed by atoms with E-state index >= 15 is 8.78 Å². The first kappa shape index (κ1) is 21.6. The van der Waals surface area contributed by atoms with Gasteiger partial charge in [-0.25, -0.2) is 8.78 Å². The average molecular weight is 464 g/mol. The number of ether oxygens (including phenoxy) is 1. The molecule has 3 heterocycles. The monoisotopic (exact) mass is 463 g/mol. The number of fused-ring (bicyclic) bond motifs is 1. The molecule has 3 fully saturated rings. The third-order valence-corrected chi connectivity index (χ3v) is 7.46. The Bertz CT molecular complexity index is 1250. The predicted molar refractivity (Wildman–Crippen MR) is 125 cm³/mol. The van der Waals surface area contributed by atoms with Gasteiger partial charge in [0.25, 0.3) is 0 Å². The first-order valence-electron chi connectivity index (χ1n) is 11.9. The molecule has 2 saturated heterocycles. The van der Waals surface area contributed by atoms with Crippen molar-refractivity contribution in [1.82, 2.24) is 14.8 Å². The van der Waals surface area contributed by atoms with Gasteiger partial charge in [0.15, 0.2) is 0 Å². The van der Waals surface area contributed by atoms with Crippen molar-refractivity contribution in [3.63, 3.8) is 0 Å². The number of alkyl halides is 1. The number of hydrogen-bond donors (Lipinski definition) is 0. The van der Waals surface area contributed by atoms with Crippen LogP contribution >= 0.6 is 0 Å². The van der Waals surface area contributed by atoms with Crippen LogP contribution in [0, 0.1) is 5.82 Å². The Balaban J connectivity index is 1.14. The van der Waals surface area contributed by atoms with Crippen LogP contribution in [0.2, 0.25) is 0 Å². The number of morpholine rings is 1. The van der Waals surface area contributed by atoms with E-state index in [1.807, 2.05) is 46.2 Å². The second-order valence-corrected chi connectivity index (χ2v) is 9.78. The quantitative estimate of drug-likeness (QED) is 0.577. The highest BCUT2D eigenvalue weighted by atomic mass is 19.1. The van der Waals surface area contributed by atoms with Gasteiger partial charge in [-0.15, -0.1) is 0 Å². The lowest BCUT2D eigenvalue weighted by Gasteiger charge is -2.49. The Hall–Kier alpha value is -2.90. The average Bonchev–Trinajstić information content (AvgIpc) is 3.69. The van der Waals surface area contributed by atoms with Crippen LogP contribution in [0.1, 0.15) is 24.8 Å². The molecular weight excluding hydrogens is 436 g/mol. The normalized spacial score (nSPS) is 25.9. The van der Waals surface area contributed by atoms with Crippen molar-refractivity contribution in [2.24, 2.45) is 0 Å². The predicted octanol–water partition coefficient (Wildman–Crippen LogP) is 4.34. The Labute approximate surface area is 197 Å². The molecule has 3 aromatic rings. The molecule has 3 aliphatic rings. The van der Waals surface area contributed by atoms with Gasteiger partial charge in [-0.3, -0.25) is 14.7 Å². The maximum absolute atomic E-state index is 15.4. The first-order valence-corrected chi connectivity index (χ1v) is 11.9. The van der Waals surface area contributed by atoms with E-state index in [0.29, 0.717) is 31.6 Å². The number of piperidine rings is 1. The Morgan fingerprint density at radius 2 is 1.94 bits per heavy atom. The summed E-state index contributed by atoms with van der Waals surface area (Å²) in [6, 6.07) is 15.3. The Morgan fingerprint density at radius 3 is 2.74 bits per heavy atom.